The number of hydrogen-bond acceptors (Lipinski definition) is 3. The van der Waals surface area contributed by atoms with E-state index in [4.69, 9.17) is 9.47 Å². The van der Waals surface area contributed by atoms with Gasteiger partial charge in [-0.05, 0) is 46.8 Å². The molecule has 0 heterocycles. The van der Waals surface area contributed by atoms with Crippen LogP contribution in [0, 0.1) is 0 Å². The lowest BCUT2D eigenvalue weighted by atomic mass is 10.1. The number of hydrogen-bond donors (Lipinski definition) is 1. The monoisotopic (exact) mass is 251 g/mol. The summed E-state index contributed by atoms with van der Waals surface area (Å²) < 4.78 is 11.4. The fraction of sp³-hybridized carbons (Fsp3) is 0.600. The van der Waals surface area contributed by atoms with E-state index in [0.717, 1.165) is 18.0 Å². The summed E-state index contributed by atoms with van der Waals surface area (Å²) in [6.07, 6.45) is 0.103. The van der Waals surface area contributed by atoms with E-state index < -0.39 is 0 Å². The van der Waals surface area contributed by atoms with Crippen molar-refractivity contribution < 1.29 is 9.47 Å². The minimum absolute atomic E-state index is 0.103. The fourth-order valence-corrected chi connectivity index (χ4v) is 1.53. The zero-order chi connectivity index (χ0) is 13.6. The first-order chi connectivity index (χ1) is 8.42. The Labute approximate surface area is 110 Å². The van der Waals surface area contributed by atoms with Gasteiger partial charge < -0.3 is 14.8 Å². The smallest absolute Gasteiger partial charge is 0.161 e. The van der Waals surface area contributed by atoms with E-state index in [1.807, 2.05) is 31.2 Å². The molecule has 0 aliphatic carbocycles. The Morgan fingerprint density at radius 1 is 1.17 bits per heavy atom. The van der Waals surface area contributed by atoms with Crippen molar-refractivity contribution in [1.82, 2.24) is 5.32 Å². The van der Waals surface area contributed by atoms with Crippen molar-refractivity contribution in [2.75, 3.05) is 13.2 Å². The second kappa shape index (κ2) is 6.64. The Bertz CT molecular complexity index is 358. The third-order valence-electron chi connectivity index (χ3n) is 2.40. The molecule has 0 aromatic heterocycles. The van der Waals surface area contributed by atoms with Crippen molar-refractivity contribution >= 4 is 0 Å². The predicted octanol–water partition coefficient (Wildman–Crippen LogP) is 3.24. The molecule has 1 aromatic rings. The van der Waals surface area contributed by atoms with Crippen LogP contribution in [0.15, 0.2) is 24.3 Å². The molecule has 0 bridgehead atoms. The summed E-state index contributed by atoms with van der Waals surface area (Å²) in [7, 11) is 0. The van der Waals surface area contributed by atoms with Gasteiger partial charge in [0.2, 0.25) is 0 Å². The first-order valence-corrected chi connectivity index (χ1v) is 6.56. The highest BCUT2D eigenvalue weighted by atomic mass is 16.5. The summed E-state index contributed by atoms with van der Waals surface area (Å²) in [6.45, 7) is 11.9. The number of para-hydroxylation sites is 2. The minimum atomic E-state index is 0.103. The number of nitrogens with one attached hydrogen (secondary N) is 1. The normalized spacial score (nSPS) is 13.2. The minimum Gasteiger partial charge on any atom is -0.490 e. The van der Waals surface area contributed by atoms with Gasteiger partial charge in [0, 0.05) is 12.1 Å². The lowest BCUT2D eigenvalue weighted by molar-refractivity contribution is 0.192. The number of rotatable bonds is 6. The van der Waals surface area contributed by atoms with Crippen LogP contribution in [-0.4, -0.2) is 24.8 Å². The molecular weight excluding hydrogens is 226 g/mol. The fourth-order valence-electron chi connectivity index (χ4n) is 1.53. The standard InChI is InChI=1S/C15H25NO2/c1-6-17-13-9-7-8-10-14(13)18-12(2)11-16-15(3,4)5/h7-10,12,16H,6,11H2,1-5H3. The molecule has 0 fully saturated rings. The van der Waals surface area contributed by atoms with Gasteiger partial charge in [0.25, 0.3) is 0 Å². The molecule has 1 atom stereocenters. The molecule has 0 aliphatic heterocycles. The van der Waals surface area contributed by atoms with Crippen LogP contribution in [0.3, 0.4) is 0 Å². The van der Waals surface area contributed by atoms with Gasteiger partial charge in [-0.15, -0.1) is 0 Å². The van der Waals surface area contributed by atoms with Crippen LogP contribution in [0.5, 0.6) is 11.5 Å². The third kappa shape index (κ3) is 5.41. The largest absolute Gasteiger partial charge is 0.490 e. The summed E-state index contributed by atoms with van der Waals surface area (Å²) in [5.74, 6) is 1.62. The Morgan fingerprint density at radius 3 is 2.33 bits per heavy atom. The Balaban J connectivity index is 2.55. The summed E-state index contributed by atoms with van der Waals surface area (Å²) in [5.41, 5.74) is 0.108. The van der Waals surface area contributed by atoms with Crippen LogP contribution in [0.2, 0.25) is 0 Å². The van der Waals surface area contributed by atoms with Gasteiger partial charge in [-0.25, -0.2) is 0 Å². The predicted molar refractivity (Wildman–Crippen MR) is 75.5 cm³/mol. The molecule has 0 aliphatic rings. The molecule has 0 amide bonds. The molecule has 18 heavy (non-hydrogen) atoms. The summed E-state index contributed by atoms with van der Waals surface area (Å²) >= 11 is 0. The molecule has 102 valence electrons. The average Bonchev–Trinajstić information content (AvgIpc) is 2.29. The highest BCUT2D eigenvalue weighted by Crippen LogP contribution is 2.27. The van der Waals surface area contributed by atoms with Gasteiger partial charge >= 0.3 is 0 Å². The van der Waals surface area contributed by atoms with E-state index in [1.54, 1.807) is 0 Å². The molecule has 3 heteroatoms. The molecule has 1 unspecified atom stereocenters. The van der Waals surface area contributed by atoms with E-state index in [0.29, 0.717) is 6.61 Å². The van der Waals surface area contributed by atoms with Crippen molar-refractivity contribution in [3.05, 3.63) is 24.3 Å². The van der Waals surface area contributed by atoms with Crippen LogP contribution in [0.1, 0.15) is 34.6 Å². The highest BCUT2D eigenvalue weighted by Gasteiger charge is 2.13. The van der Waals surface area contributed by atoms with Crippen LogP contribution in [0.25, 0.3) is 0 Å². The Hall–Kier alpha value is -1.22. The number of ether oxygens (including phenoxy) is 2. The summed E-state index contributed by atoms with van der Waals surface area (Å²) in [5, 5.41) is 3.43. The van der Waals surface area contributed by atoms with Gasteiger partial charge in [-0.3, -0.25) is 0 Å². The van der Waals surface area contributed by atoms with Gasteiger partial charge in [-0.1, -0.05) is 12.1 Å². The lowest BCUT2D eigenvalue weighted by Gasteiger charge is -2.24. The van der Waals surface area contributed by atoms with Crippen molar-refractivity contribution in [2.45, 2.75) is 46.3 Å². The van der Waals surface area contributed by atoms with Crippen LogP contribution in [0.4, 0.5) is 0 Å². The van der Waals surface area contributed by atoms with E-state index in [2.05, 4.69) is 33.0 Å². The molecule has 1 rings (SSSR count). The zero-order valence-corrected chi connectivity index (χ0v) is 12.1. The third-order valence-corrected chi connectivity index (χ3v) is 2.40. The van der Waals surface area contributed by atoms with Gasteiger partial charge in [0.05, 0.1) is 6.61 Å². The van der Waals surface area contributed by atoms with Crippen LogP contribution < -0.4 is 14.8 Å². The topological polar surface area (TPSA) is 30.5 Å². The lowest BCUT2D eigenvalue weighted by Crippen LogP contribution is -2.41. The molecule has 3 nitrogen and oxygen atoms in total. The molecule has 0 saturated carbocycles. The maximum absolute atomic E-state index is 5.91. The quantitative estimate of drug-likeness (QED) is 0.842. The molecular formula is C15H25NO2. The van der Waals surface area contributed by atoms with Crippen molar-refractivity contribution in [1.29, 1.82) is 0 Å². The second-order valence-corrected chi connectivity index (χ2v) is 5.44. The second-order valence-electron chi connectivity index (χ2n) is 5.44. The van der Waals surface area contributed by atoms with Crippen molar-refractivity contribution in [2.24, 2.45) is 0 Å². The Morgan fingerprint density at radius 2 is 1.78 bits per heavy atom. The highest BCUT2D eigenvalue weighted by molar-refractivity contribution is 5.39. The maximum atomic E-state index is 5.91. The van der Waals surface area contributed by atoms with Crippen LogP contribution in [-0.2, 0) is 0 Å². The average molecular weight is 251 g/mol. The van der Waals surface area contributed by atoms with Gasteiger partial charge in [0.1, 0.15) is 6.10 Å². The molecule has 0 radical (unpaired) electrons. The van der Waals surface area contributed by atoms with Crippen molar-refractivity contribution in [3.63, 3.8) is 0 Å². The maximum Gasteiger partial charge on any atom is 0.161 e. The summed E-state index contributed by atoms with van der Waals surface area (Å²) in [6, 6.07) is 7.79. The zero-order valence-electron chi connectivity index (χ0n) is 12.1. The van der Waals surface area contributed by atoms with E-state index in [9.17, 15) is 0 Å². The first kappa shape index (κ1) is 14.8. The SMILES string of the molecule is CCOc1ccccc1OC(C)CNC(C)(C)C. The van der Waals surface area contributed by atoms with E-state index >= 15 is 0 Å². The van der Waals surface area contributed by atoms with Crippen LogP contribution >= 0.6 is 0 Å². The van der Waals surface area contributed by atoms with Gasteiger partial charge in [-0.2, -0.15) is 0 Å². The van der Waals surface area contributed by atoms with E-state index in [1.165, 1.54) is 0 Å². The molecule has 1 aromatic carbocycles. The first-order valence-electron chi connectivity index (χ1n) is 6.56. The summed E-state index contributed by atoms with van der Waals surface area (Å²) in [4.78, 5) is 0. The molecule has 0 saturated heterocycles. The van der Waals surface area contributed by atoms with E-state index in [-0.39, 0.29) is 11.6 Å². The molecule has 0 spiro atoms. The van der Waals surface area contributed by atoms with Gasteiger partial charge in [0.15, 0.2) is 11.5 Å². The molecule has 1 N–H and O–H groups in total. The Kier molecular flexibility index (Phi) is 5.48. The van der Waals surface area contributed by atoms with Crippen molar-refractivity contribution in [3.8, 4) is 11.5 Å². The number of benzene rings is 1.